The van der Waals surface area contributed by atoms with Crippen molar-refractivity contribution >= 4 is 16.7 Å². The van der Waals surface area contributed by atoms with Crippen molar-refractivity contribution in [3.8, 4) is 11.6 Å². The number of aromatic nitrogens is 2. The van der Waals surface area contributed by atoms with Gasteiger partial charge < -0.3 is 9.84 Å². The van der Waals surface area contributed by atoms with E-state index in [0.29, 0.717) is 11.6 Å². The maximum atomic E-state index is 10.8. The molecule has 0 fully saturated rings. The van der Waals surface area contributed by atoms with E-state index in [0.717, 1.165) is 16.5 Å². The summed E-state index contributed by atoms with van der Waals surface area (Å²) < 4.78 is 5.71. The lowest BCUT2D eigenvalue weighted by atomic mass is 10.1. The molecule has 3 aromatic rings. The molecular weight excluding hydrogens is 268 g/mol. The Bertz CT molecular complexity index is 813. The fourth-order valence-corrected chi connectivity index (χ4v) is 2.07. The Morgan fingerprint density at radius 2 is 1.67 bits per heavy atom. The monoisotopic (exact) mass is 280 g/mol. The zero-order chi connectivity index (χ0) is 14.8. The third-order valence-electron chi connectivity index (χ3n) is 3.15. The summed E-state index contributed by atoms with van der Waals surface area (Å²) in [5.41, 5.74) is 1.04. The number of hydrogen-bond donors (Lipinski definition) is 1. The third kappa shape index (κ3) is 2.53. The number of fused-ring (bicyclic) bond motifs is 1. The molecule has 5 nitrogen and oxygen atoms in total. The van der Waals surface area contributed by atoms with Crippen LogP contribution < -0.4 is 4.74 Å². The lowest BCUT2D eigenvalue weighted by molar-refractivity contribution is 0.0697. The second-order valence-electron chi connectivity index (χ2n) is 4.57. The third-order valence-corrected chi connectivity index (χ3v) is 3.15. The van der Waals surface area contributed by atoms with Gasteiger partial charge in [-0.2, -0.15) is 5.10 Å². The molecule has 2 aromatic carbocycles. The van der Waals surface area contributed by atoms with Crippen LogP contribution in [0.4, 0.5) is 0 Å². The van der Waals surface area contributed by atoms with Gasteiger partial charge in [-0.1, -0.05) is 18.2 Å². The molecular formula is C16H12N2O3. The minimum atomic E-state index is -0.970. The highest BCUT2D eigenvalue weighted by Crippen LogP contribution is 2.28. The minimum absolute atomic E-state index is 0.210. The average molecular weight is 280 g/mol. The predicted octanol–water partition coefficient (Wildman–Crippen LogP) is 3.43. The molecule has 0 spiro atoms. The molecule has 0 saturated heterocycles. The lowest BCUT2D eigenvalue weighted by Gasteiger charge is -2.08. The number of aromatic carboxylic acids is 1. The fraction of sp³-hybridized carbons (Fsp3) is 0.0625. The molecule has 1 heterocycles. The minimum Gasteiger partial charge on any atom is -0.478 e. The number of benzene rings is 2. The van der Waals surface area contributed by atoms with Crippen LogP contribution in [0.15, 0.2) is 48.5 Å². The van der Waals surface area contributed by atoms with Crippen LogP contribution in [0, 0.1) is 6.92 Å². The molecule has 3 rings (SSSR count). The largest absolute Gasteiger partial charge is 0.478 e. The molecule has 0 unspecified atom stereocenters. The summed E-state index contributed by atoms with van der Waals surface area (Å²) in [4.78, 5) is 10.8. The fourth-order valence-electron chi connectivity index (χ4n) is 2.07. The summed E-state index contributed by atoms with van der Waals surface area (Å²) >= 11 is 0. The second-order valence-corrected chi connectivity index (χ2v) is 4.57. The number of aryl methyl sites for hydroxylation is 1. The van der Waals surface area contributed by atoms with Gasteiger partial charge in [0.2, 0.25) is 5.88 Å². The Labute approximate surface area is 120 Å². The highest BCUT2D eigenvalue weighted by Gasteiger charge is 2.09. The highest BCUT2D eigenvalue weighted by atomic mass is 16.5. The quantitative estimate of drug-likeness (QED) is 0.795. The van der Waals surface area contributed by atoms with Crippen molar-refractivity contribution in [2.45, 2.75) is 6.92 Å². The molecule has 5 heteroatoms. The van der Waals surface area contributed by atoms with Crippen molar-refractivity contribution in [3.05, 3.63) is 59.8 Å². The standard InChI is InChI=1S/C16H12N2O3/c1-10-13-4-2-3-5-14(13)15(18-17-10)21-12-8-6-11(7-9-12)16(19)20/h2-9H,1H3,(H,19,20). The topological polar surface area (TPSA) is 72.3 Å². The van der Waals surface area contributed by atoms with E-state index in [9.17, 15) is 4.79 Å². The number of carbonyl (C=O) groups is 1. The van der Waals surface area contributed by atoms with Gasteiger partial charge in [-0.25, -0.2) is 4.79 Å². The molecule has 104 valence electrons. The van der Waals surface area contributed by atoms with Gasteiger partial charge in [-0.15, -0.1) is 5.10 Å². The van der Waals surface area contributed by atoms with Crippen LogP contribution in [0.3, 0.4) is 0 Å². The number of carboxylic acids is 1. The molecule has 1 N–H and O–H groups in total. The van der Waals surface area contributed by atoms with Crippen LogP contribution in [0.1, 0.15) is 16.1 Å². The van der Waals surface area contributed by atoms with Crippen molar-refractivity contribution in [2.75, 3.05) is 0 Å². The highest BCUT2D eigenvalue weighted by molar-refractivity contribution is 5.89. The number of rotatable bonds is 3. The number of carboxylic acid groups (broad SMARTS) is 1. The first-order valence-electron chi connectivity index (χ1n) is 6.38. The zero-order valence-electron chi connectivity index (χ0n) is 11.3. The van der Waals surface area contributed by atoms with E-state index in [-0.39, 0.29) is 5.56 Å². The Kier molecular flexibility index (Phi) is 3.23. The normalized spacial score (nSPS) is 10.5. The SMILES string of the molecule is Cc1nnc(Oc2ccc(C(=O)O)cc2)c2ccccc12. The first kappa shape index (κ1) is 13.1. The summed E-state index contributed by atoms with van der Waals surface area (Å²) in [6, 6.07) is 13.9. The molecule has 0 bridgehead atoms. The van der Waals surface area contributed by atoms with Crippen LogP contribution in [0.2, 0.25) is 0 Å². The summed E-state index contributed by atoms with van der Waals surface area (Å²) in [6.45, 7) is 1.89. The van der Waals surface area contributed by atoms with E-state index in [1.165, 1.54) is 12.1 Å². The van der Waals surface area contributed by atoms with Gasteiger partial charge in [-0.3, -0.25) is 0 Å². The Hall–Kier alpha value is -2.95. The first-order chi connectivity index (χ1) is 10.1. The van der Waals surface area contributed by atoms with E-state index < -0.39 is 5.97 Å². The maximum Gasteiger partial charge on any atom is 0.335 e. The maximum absolute atomic E-state index is 10.8. The van der Waals surface area contributed by atoms with Crippen molar-refractivity contribution < 1.29 is 14.6 Å². The molecule has 1 aromatic heterocycles. The average Bonchev–Trinajstić information content (AvgIpc) is 2.51. The van der Waals surface area contributed by atoms with E-state index in [1.807, 2.05) is 31.2 Å². The van der Waals surface area contributed by atoms with E-state index in [1.54, 1.807) is 12.1 Å². The van der Waals surface area contributed by atoms with Gasteiger partial charge >= 0.3 is 5.97 Å². The number of ether oxygens (including phenoxy) is 1. The van der Waals surface area contributed by atoms with Gasteiger partial charge in [0.25, 0.3) is 0 Å². The van der Waals surface area contributed by atoms with E-state index in [2.05, 4.69) is 10.2 Å². The predicted molar refractivity (Wildman–Crippen MR) is 77.8 cm³/mol. The molecule has 21 heavy (non-hydrogen) atoms. The van der Waals surface area contributed by atoms with Crippen molar-refractivity contribution in [1.29, 1.82) is 0 Å². The molecule has 0 aliphatic rings. The van der Waals surface area contributed by atoms with Gasteiger partial charge in [0, 0.05) is 10.8 Å². The number of nitrogens with zero attached hydrogens (tertiary/aromatic N) is 2. The van der Waals surface area contributed by atoms with Crippen molar-refractivity contribution in [2.24, 2.45) is 0 Å². The molecule has 0 aliphatic heterocycles. The Morgan fingerprint density at radius 1 is 1.00 bits per heavy atom. The Morgan fingerprint density at radius 3 is 2.33 bits per heavy atom. The molecule has 0 atom stereocenters. The molecule has 0 aliphatic carbocycles. The Balaban J connectivity index is 1.98. The van der Waals surface area contributed by atoms with Gasteiger partial charge in [0.15, 0.2) is 0 Å². The molecule has 0 saturated carbocycles. The van der Waals surface area contributed by atoms with Crippen LogP contribution in [-0.4, -0.2) is 21.3 Å². The summed E-state index contributed by atoms with van der Waals surface area (Å²) in [7, 11) is 0. The lowest BCUT2D eigenvalue weighted by Crippen LogP contribution is -1.97. The van der Waals surface area contributed by atoms with E-state index in [4.69, 9.17) is 9.84 Å². The van der Waals surface area contributed by atoms with Crippen LogP contribution in [0.25, 0.3) is 10.8 Å². The smallest absolute Gasteiger partial charge is 0.335 e. The summed E-state index contributed by atoms with van der Waals surface area (Å²) in [5.74, 6) is -0.0512. The summed E-state index contributed by atoms with van der Waals surface area (Å²) in [6.07, 6.45) is 0. The van der Waals surface area contributed by atoms with Gasteiger partial charge in [0.1, 0.15) is 5.75 Å². The first-order valence-corrected chi connectivity index (χ1v) is 6.38. The van der Waals surface area contributed by atoms with Crippen LogP contribution >= 0.6 is 0 Å². The zero-order valence-corrected chi connectivity index (χ0v) is 11.3. The van der Waals surface area contributed by atoms with Crippen LogP contribution in [-0.2, 0) is 0 Å². The van der Waals surface area contributed by atoms with Crippen molar-refractivity contribution in [1.82, 2.24) is 10.2 Å². The van der Waals surface area contributed by atoms with Gasteiger partial charge in [-0.05, 0) is 37.3 Å². The van der Waals surface area contributed by atoms with Crippen molar-refractivity contribution in [3.63, 3.8) is 0 Å². The summed E-state index contributed by atoms with van der Waals surface area (Å²) in [5, 5.41) is 18.9. The number of hydrogen-bond acceptors (Lipinski definition) is 4. The van der Waals surface area contributed by atoms with Gasteiger partial charge in [0.05, 0.1) is 11.3 Å². The second kappa shape index (κ2) is 5.20. The molecule has 0 amide bonds. The molecule has 0 radical (unpaired) electrons. The van der Waals surface area contributed by atoms with Crippen LogP contribution in [0.5, 0.6) is 11.6 Å². The van der Waals surface area contributed by atoms with E-state index >= 15 is 0 Å².